The fraction of sp³-hybridized carbons (Fsp3) is 0.600. The molecule has 0 spiro atoms. The molecule has 0 aromatic heterocycles. The number of hydrogen-bond donors (Lipinski definition) is 1. The highest BCUT2D eigenvalue weighted by Gasteiger charge is 2.80. The van der Waals surface area contributed by atoms with E-state index in [0.29, 0.717) is 17.3 Å². The van der Waals surface area contributed by atoms with Crippen molar-refractivity contribution in [2.45, 2.75) is 76.1 Å². The molecule has 0 amide bonds. The molecule has 1 aliphatic carbocycles. The Hall–Kier alpha value is -2.47. The Morgan fingerprint density at radius 2 is 1.61 bits per heavy atom. The minimum absolute atomic E-state index is 0.00865. The van der Waals surface area contributed by atoms with Gasteiger partial charge < -0.3 is 9.47 Å². The van der Waals surface area contributed by atoms with Crippen LogP contribution in [0.4, 0.5) is 4.39 Å². The smallest absolute Gasteiger partial charge is 0.217 e. The number of hydrogen-bond acceptors (Lipinski definition) is 6. The monoisotopic (exact) mass is 512 g/mol. The van der Waals surface area contributed by atoms with E-state index in [1.54, 1.807) is 0 Å². The van der Waals surface area contributed by atoms with Gasteiger partial charge in [-0.3, -0.25) is 5.41 Å². The molecule has 4 unspecified atom stereocenters. The molecule has 33 heavy (non-hydrogen) atoms. The van der Waals surface area contributed by atoms with Crippen LogP contribution in [0.1, 0.15) is 75.9 Å². The van der Waals surface area contributed by atoms with Crippen molar-refractivity contribution in [2.24, 2.45) is 16.7 Å². The zero-order valence-electron chi connectivity index (χ0n) is 18.4. The Balaban J connectivity index is 1.92. The number of ether oxygens (including phenoxy) is 2. The summed E-state index contributed by atoms with van der Waals surface area (Å²) in [4.78, 5) is 0. The van der Waals surface area contributed by atoms with Gasteiger partial charge in [0, 0.05) is 16.5 Å². The molecule has 1 aromatic carbocycles. The third-order valence-corrected chi connectivity index (χ3v) is 8.05. The van der Waals surface area contributed by atoms with Crippen molar-refractivity contribution in [1.29, 1.82) is 21.2 Å². The zero-order chi connectivity index (χ0) is 23.7. The van der Waals surface area contributed by atoms with Gasteiger partial charge in [-0.1, -0.05) is 60.9 Å². The summed E-state index contributed by atoms with van der Waals surface area (Å²) in [6, 6.07) is 10.4. The van der Waals surface area contributed by atoms with Crippen LogP contribution in [0.25, 0.3) is 0 Å². The maximum atomic E-state index is 15.1. The van der Waals surface area contributed by atoms with Crippen LogP contribution < -0.4 is 0 Å². The molecule has 2 aliphatic heterocycles. The zero-order valence-corrected chi connectivity index (χ0v) is 20.0. The van der Waals surface area contributed by atoms with Crippen molar-refractivity contribution >= 4 is 21.8 Å². The fourth-order valence-corrected chi connectivity index (χ4v) is 6.29. The average molecular weight is 513 g/mol. The lowest BCUT2D eigenvalue weighted by Crippen LogP contribution is -2.59. The Morgan fingerprint density at radius 1 is 0.970 bits per heavy atom. The summed E-state index contributed by atoms with van der Waals surface area (Å²) in [6.07, 6.45) is 7.44. The number of nitriles is 3. The molecule has 3 aliphatic rings. The van der Waals surface area contributed by atoms with Crippen LogP contribution in [-0.2, 0) is 9.47 Å². The first-order chi connectivity index (χ1) is 15.9. The molecule has 4 rings (SSSR count). The minimum atomic E-state index is -2.14. The Bertz CT molecular complexity index is 1060. The van der Waals surface area contributed by atoms with E-state index in [-0.39, 0.29) is 5.56 Å². The minimum Gasteiger partial charge on any atom is -0.447 e. The summed E-state index contributed by atoms with van der Waals surface area (Å²) >= 11 is 3.33. The summed E-state index contributed by atoms with van der Waals surface area (Å²) in [7, 11) is 0. The number of nitrogens with zero attached hydrogens (tertiary/aromatic N) is 3. The molecule has 1 saturated carbocycles. The van der Waals surface area contributed by atoms with Gasteiger partial charge in [-0.25, -0.2) is 4.39 Å². The van der Waals surface area contributed by atoms with E-state index in [1.165, 1.54) is 18.2 Å². The van der Waals surface area contributed by atoms with E-state index in [9.17, 15) is 15.8 Å². The van der Waals surface area contributed by atoms with Gasteiger partial charge in [0.2, 0.25) is 17.1 Å². The Labute approximate surface area is 201 Å². The van der Waals surface area contributed by atoms with E-state index >= 15 is 4.39 Å². The van der Waals surface area contributed by atoms with Crippen LogP contribution in [0.2, 0.25) is 0 Å². The third-order valence-electron chi connectivity index (χ3n) is 7.56. The molecule has 1 N–H and O–H groups in total. The van der Waals surface area contributed by atoms with E-state index < -0.39 is 40.4 Å². The van der Waals surface area contributed by atoms with Crippen molar-refractivity contribution in [2.75, 3.05) is 0 Å². The van der Waals surface area contributed by atoms with E-state index in [2.05, 4.69) is 22.0 Å². The van der Waals surface area contributed by atoms with E-state index in [4.69, 9.17) is 14.9 Å². The van der Waals surface area contributed by atoms with Gasteiger partial charge in [-0.15, -0.1) is 0 Å². The summed E-state index contributed by atoms with van der Waals surface area (Å²) in [5.41, 5.74) is -3.98. The Morgan fingerprint density at radius 3 is 2.24 bits per heavy atom. The van der Waals surface area contributed by atoms with Gasteiger partial charge in [-0.05, 0) is 31.0 Å². The highest BCUT2D eigenvalue weighted by Crippen LogP contribution is 2.68. The lowest BCUT2D eigenvalue weighted by molar-refractivity contribution is -0.288. The summed E-state index contributed by atoms with van der Waals surface area (Å²) in [6.45, 7) is 0. The first kappa shape index (κ1) is 23.7. The number of rotatable bonds is 1. The normalized spacial score (nSPS) is 33.7. The van der Waals surface area contributed by atoms with Gasteiger partial charge in [0.15, 0.2) is 5.41 Å². The van der Waals surface area contributed by atoms with Gasteiger partial charge >= 0.3 is 0 Å². The molecular formula is C25H26BrFN4O2. The molecule has 3 fully saturated rings. The predicted octanol–water partition coefficient (Wildman–Crippen LogP) is 6.44. The average Bonchev–Trinajstić information content (AvgIpc) is 2.98. The number of halogens is 2. The molecule has 0 radical (unpaired) electrons. The van der Waals surface area contributed by atoms with Crippen molar-refractivity contribution in [3.63, 3.8) is 0 Å². The van der Waals surface area contributed by atoms with Crippen molar-refractivity contribution in [3.8, 4) is 18.2 Å². The van der Waals surface area contributed by atoms with Gasteiger partial charge in [0.25, 0.3) is 0 Å². The first-order valence-corrected chi connectivity index (χ1v) is 12.3. The molecule has 2 saturated heterocycles. The van der Waals surface area contributed by atoms with Crippen molar-refractivity contribution < 1.29 is 13.9 Å². The summed E-state index contributed by atoms with van der Waals surface area (Å²) in [5.74, 6) is -3.05. The van der Waals surface area contributed by atoms with Gasteiger partial charge in [0.1, 0.15) is 11.9 Å². The highest BCUT2D eigenvalue weighted by atomic mass is 79.9. The van der Waals surface area contributed by atoms with Crippen LogP contribution in [0.5, 0.6) is 0 Å². The standard InChI is InChI=1S/C25H26BrFN4O2/c26-17-10-11-19(27)18(13-17)21-23(14-28,15-29)24(16-30)20-9-7-5-3-1-2-4-6-8-12-25(20,32-21)33-22(24)31/h10-11,13,20-21,31H,1-9,12H2. The van der Waals surface area contributed by atoms with Crippen LogP contribution in [0, 0.1) is 62.0 Å². The molecule has 6 nitrogen and oxygen atoms in total. The summed E-state index contributed by atoms with van der Waals surface area (Å²) in [5, 5.41) is 40.0. The van der Waals surface area contributed by atoms with Crippen LogP contribution >= 0.6 is 15.9 Å². The number of benzene rings is 1. The lowest BCUT2D eigenvalue weighted by atomic mass is 9.52. The maximum Gasteiger partial charge on any atom is 0.217 e. The highest BCUT2D eigenvalue weighted by molar-refractivity contribution is 9.10. The molecule has 2 bridgehead atoms. The van der Waals surface area contributed by atoms with Crippen LogP contribution in [-0.4, -0.2) is 11.7 Å². The maximum absolute atomic E-state index is 15.1. The third kappa shape index (κ3) is 3.45. The second-order valence-corrected chi connectivity index (χ2v) is 10.2. The molecule has 2 heterocycles. The second kappa shape index (κ2) is 9.05. The molecule has 4 atom stereocenters. The lowest BCUT2D eigenvalue weighted by Gasteiger charge is -2.50. The fourth-order valence-electron chi connectivity index (χ4n) is 5.92. The topological polar surface area (TPSA) is 114 Å². The Kier molecular flexibility index (Phi) is 6.50. The summed E-state index contributed by atoms with van der Waals surface area (Å²) < 4.78 is 28.1. The van der Waals surface area contributed by atoms with E-state index in [1.807, 2.05) is 12.1 Å². The largest absolute Gasteiger partial charge is 0.447 e. The van der Waals surface area contributed by atoms with Crippen LogP contribution in [0.15, 0.2) is 22.7 Å². The van der Waals surface area contributed by atoms with Crippen LogP contribution in [0.3, 0.4) is 0 Å². The quantitative estimate of drug-likeness (QED) is 0.464. The second-order valence-electron chi connectivity index (χ2n) is 9.28. The predicted molar refractivity (Wildman–Crippen MR) is 121 cm³/mol. The molecule has 1 aromatic rings. The molecule has 8 heteroatoms. The van der Waals surface area contributed by atoms with Crippen molar-refractivity contribution in [1.82, 2.24) is 0 Å². The van der Waals surface area contributed by atoms with Gasteiger partial charge in [0.05, 0.1) is 24.1 Å². The number of nitrogens with one attached hydrogen (secondary N) is 1. The SMILES string of the molecule is N#CC1(C#N)C(c2cc(Br)ccc2F)OC23CCCCCCCCCCC2C1(C#N)C(=N)O3. The van der Waals surface area contributed by atoms with Gasteiger partial charge in [-0.2, -0.15) is 15.8 Å². The van der Waals surface area contributed by atoms with E-state index in [0.717, 1.165) is 51.4 Å². The molecular weight excluding hydrogens is 487 g/mol. The first-order valence-electron chi connectivity index (χ1n) is 11.6. The van der Waals surface area contributed by atoms with Crippen molar-refractivity contribution in [3.05, 3.63) is 34.1 Å². The molecule has 172 valence electrons.